The summed E-state index contributed by atoms with van der Waals surface area (Å²) in [6, 6.07) is 0. The van der Waals surface area contributed by atoms with Gasteiger partial charge in [-0.25, -0.2) is 13.1 Å². The Labute approximate surface area is 106 Å². The van der Waals surface area contributed by atoms with Crippen molar-refractivity contribution >= 4 is 10.0 Å². The Hall–Kier alpha value is -0.130. The van der Waals surface area contributed by atoms with Crippen molar-refractivity contribution in [3.63, 3.8) is 0 Å². The predicted molar refractivity (Wildman–Crippen MR) is 71.5 cm³/mol. The summed E-state index contributed by atoms with van der Waals surface area (Å²) in [5.74, 6) is 0.523. The van der Waals surface area contributed by atoms with Crippen LogP contribution in [0.2, 0.25) is 0 Å². The number of hydrogen-bond donors (Lipinski definition) is 2. The lowest BCUT2D eigenvalue weighted by Crippen LogP contribution is -2.47. The smallest absolute Gasteiger partial charge is 0.212 e. The molecular formula is C12H26N2O2S. The van der Waals surface area contributed by atoms with Crippen LogP contribution in [0.3, 0.4) is 0 Å². The predicted octanol–water partition coefficient (Wildman–Crippen LogP) is 1.48. The van der Waals surface area contributed by atoms with Gasteiger partial charge in [0, 0.05) is 5.54 Å². The maximum atomic E-state index is 12.1. The minimum Gasteiger partial charge on any atom is -0.316 e. The van der Waals surface area contributed by atoms with Gasteiger partial charge in [0.25, 0.3) is 0 Å². The van der Waals surface area contributed by atoms with E-state index in [0.717, 1.165) is 38.8 Å². The molecule has 1 aliphatic rings. The molecular weight excluding hydrogens is 236 g/mol. The summed E-state index contributed by atoms with van der Waals surface area (Å²) in [5.41, 5.74) is -0.291. The molecule has 1 rings (SSSR count). The lowest BCUT2D eigenvalue weighted by atomic mass is 9.98. The Morgan fingerprint density at radius 1 is 1.35 bits per heavy atom. The van der Waals surface area contributed by atoms with E-state index in [1.807, 2.05) is 20.8 Å². The SMILES string of the molecule is CCC(C)(CC)NS(=O)(=O)CC1CCCNC1. The van der Waals surface area contributed by atoms with Crippen LogP contribution in [0.5, 0.6) is 0 Å². The van der Waals surface area contributed by atoms with Crippen LogP contribution in [0.1, 0.15) is 46.5 Å². The lowest BCUT2D eigenvalue weighted by molar-refractivity contribution is 0.375. The van der Waals surface area contributed by atoms with Gasteiger partial charge < -0.3 is 5.32 Å². The van der Waals surface area contributed by atoms with Gasteiger partial charge in [0.1, 0.15) is 0 Å². The zero-order valence-electron chi connectivity index (χ0n) is 11.3. The average Bonchev–Trinajstić information content (AvgIpc) is 2.29. The van der Waals surface area contributed by atoms with E-state index in [0.29, 0.717) is 0 Å². The third kappa shape index (κ3) is 4.94. The summed E-state index contributed by atoms with van der Waals surface area (Å²) in [6.07, 6.45) is 3.75. The summed E-state index contributed by atoms with van der Waals surface area (Å²) in [6.45, 7) is 7.87. The van der Waals surface area contributed by atoms with E-state index in [1.54, 1.807) is 0 Å². The first-order valence-electron chi connectivity index (χ1n) is 6.63. The van der Waals surface area contributed by atoms with Crippen LogP contribution in [-0.2, 0) is 10.0 Å². The largest absolute Gasteiger partial charge is 0.316 e. The molecule has 17 heavy (non-hydrogen) atoms. The second kappa shape index (κ2) is 6.16. The number of rotatable bonds is 6. The number of hydrogen-bond acceptors (Lipinski definition) is 3. The highest BCUT2D eigenvalue weighted by Gasteiger charge is 2.28. The Morgan fingerprint density at radius 2 is 2.00 bits per heavy atom. The van der Waals surface area contributed by atoms with Gasteiger partial charge in [-0.3, -0.25) is 0 Å². The maximum Gasteiger partial charge on any atom is 0.212 e. The zero-order valence-corrected chi connectivity index (χ0v) is 12.1. The van der Waals surface area contributed by atoms with Crippen molar-refractivity contribution in [3.8, 4) is 0 Å². The summed E-state index contributed by atoms with van der Waals surface area (Å²) in [4.78, 5) is 0. The molecule has 1 fully saturated rings. The first kappa shape index (κ1) is 14.9. The summed E-state index contributed by atoms with van der Waals surface area (Å²) in [7, 11) is -3.15. The van der Waals surface area contributed by atoms with E-state index in [1.165, 1.54) is 0 Å². The normalized spacial score (nSPS) is 22.6. The van der Waals surface area contributed by atoms with E-state index in [4.69, 9.17) is 0 Å². The van der Waals surface area contributed by atoms with Gasteiger partial charge in [-0.05, 0) is 51.6 Å². The molecule has 1 aliphatic heterocycles. The third-order valence-corrected chi connectivity index (χ3v) is 5.53. The van der Waals surface area contributed by atoms with Crippen LogP contribution < -0.4 is 10.0 Å². The van der Waals surface area contributed by atoms with E-state index in [-0.39, 0.29) is 17.2 Å². The molecule has 0 aromatic rings. The van der Waals surface area contributed by atoms with Gasteiger partial charge in [0.15, 0.2) is 0 Å². The van der Waals surface area contributed by atoms with Crippen LogP contribution in [-0.4, -0.2) is 32.8 Å². The molecule has 0 aromatic carbocycles. The summed E-state index contributed by atoms with van der Waals surface area (Å²) in [5, 5.41) is 3.26. The van der Waals surface area contributed by atoms with Crippen molar-refractivity contribution < 1.29 is 8.42 Å². The fourth-order valence-electron chi connectivity index (χ4n) is 2.19. The maximum absolute atomic E-state index is 12.1. The molecule has 1 unspecified atom stereocenters. The van der Waals surface area contributed by atoms with Crippen molar-refractivity contribution in [2.45, 2.75) is 52.0 Å². The number of piperidine rings is 1. The lowest BCUT2D eigenvalue weighted by Gasteiger charge is -2.30. The van der Waals surface area contributed by atoms with Gasteiger partial charge in [-0.2, -0.15) is 0 Å². The van der Waals surface area contributed by atoms with Crippen LogP contribution in [0.15, 0.2) is 0 Å². The van der Waals surface area contributed by atoms with Crippen molar-refractivity contribution in [3.05, 3.63) is 0 Å². The van der Waals surface area contributed by atoms with Crippen LogP contribution >= 0.6 is 0 Å². The molecule has 1 atom stereocenters. The first-order chi connectivity index (χ1) is 7.91. The molecule has 0 spiro atoms. The monoisotopic (exact) mass is 262 g/mol. The zero-order chi connectivity index (χ0) is 12.9. The average molecular weight is 262 g/mol. The molecule has 5 heteroatoms. The Balaban J connectivity index is 2.55. The highest BCUT2D eigenvalue weighted by atomic mass is 32.2. The molecule has 2 N–H and O–H groups in total. The molecule has 1 saturated heterocycles. The third-order valence-electron chi connectivity index (χ3n) is 3.82. The molecule has 0 aliphatic carbocycles. The topological polar surface area (TPSA) is 58.2 Å². The fraction of sp³-hybridized carbons (Fsp3) is 1.00. The Morgan fingerprint density at radius 3 is 2.47 bits per heavy atom. The number of sulfonamides is 1. The van der Waals surface area contributed by atoms with Crippen molar-refractivity contribution in [2.24, 2.45) is 5.92 Å². The van der Waals surface area contributed by atoms with Gasteiger partial charge in [-0.15, -0.1) is 0 Å². The van der Waals surface area contributed by atoms with E-state index < -0.39 is 10.0 Å². The van der Waals surface area contributed by atoms with E-state index in [2.05, 4.69) is 10.0 Å². The molecule has 102 valence electrons. The summed E-state index contributed by atoms with van der Waals surface area (Å²) >= 11 is 0. The second-order valence-electron chi connectivity index (χ2n) is 5.36. The van der Waals surface area contributed by atoms with E-state index in [9.17, 15) is 8.42 Å². The fourth-order valence-corrected chi connectivity index (χ4v) is 4.22. The minimum atomic E-state index is -3.15. The summed E-state index contributed by atoms with van der Waals surface area (Å²) < 4.78 is 27.0. The molecule has 0 saturated carbocycles. The first-order valence-corrected chi connectivity index (χ1v) is 8.28. The Bertz CT molecular complexity index is 317. The molecule has 1 heterocycles. The second-order valence-corrected chi connectivity index (χ2v) is 7.13. The Kier molecular flexibility index (Phi) is 5.41. The highest BCUT2D eigenvalue weighted by Crippen LogP contribution is 2.18. The van der Waals surface area contributed by atoms with Gasteiger partial charge in [0.2, 0.25) is 10.0 Å². The minimum absolute atomic E-state index is 0.260. The molecule has 0 radical (unpaired) electrons. The highest BCUT2D eigenvalue weighted by molar-refractivity contribution is 7.89. The van der Waals surface area contributed by atoms with Crippen molar-refractivity contribution in [1.82, 2.24) is 10.0 Å². The number of nitrogens with one attached hydrogen (secondary N) is 2. The van der Waals surface area contributed by atoms with Gasteiger partial charge in [-0.1, -0.05) is 13.8 Å². The van der Waals surface area contributed by atoms with Crippen LogP contribution in [0.4, 0.5) is 0 Å². The van der Waals surface area contributed by atoms with Crippen molar-refractivity contribution in [1.29, 1.82) is 0 Å². The van der Waals surface area contributed by atoms with Gasteiger partial charge in [0.05, 0.1) is 5.75 Å². The molecule has 0 amide bonds. The molecule has 0 aromatic heterocycles. The van der Waals surface area contributed by atoms with E-state index >= 15 is 0 Å². The molecule has 0 bridgehead atoms. The standard InChI is InChI=1S/C12H26N2O2S/c1-4-12(3,5-2)14-17(15,16)10-11-7-6-8-13-9-11/h11,13-14H,4-10H2,1-3H3. The van der Waals surface area contributed by atoms with Crippen LogP contribution in [0, 0.1) is 5.92 Å². The van der Waals surface area contributed by atoms with Crippen LogP contribution in [0.25, 0.3) is 0 Å². The quantitative estimate of drug-likeness (QED) is 0.762. The van der Waals surface area contributed by atoms with Crippen molar-refractivity contribution in [2.75, 3.05) is 18.8 Å². The molecule has 4 nitrogen and oxygen atoms in total. The van der Waals surface area contributed by atoms with Gasteiger partial charge >= 0.3 is 0 Å².